The number of carbonyl (C=O) groups excluding carboxylic acids is 1. The molecule has 0 aliphatic rings. The van der Waals surface area contributed by atoms with Crippen LogP contribution in [0.2, 0.25) is 0 Å². The van der Waals surface area contributed by atoms with Gasteiger partial charge in [-0.1, -0.05) is 71.1 Å². The van der Waals surface area contributed by atoms with Crippen molar-refractivity contribution in [3.8, 4) is 0 Å². The fraction of sp³-hybridized carbons (Fsp3) is 0.933. The van der Waals surface area contributed by atoms with Crippen LogP contribution >= 0.6 is 0 Å². The largest absolute Gasteiger partial charge is 0.469 e. The van der Waals surface area contributed by atoms with Gasteiger partial charge in [0, 0.05) is 36.0 Å². The first-order chi connectivity index (χ1) is 8.31. The van der Waals surface area contributed by atoms with Gasteiger partial charge in [-0.05, 0) is 6.42 Å². The Morgan fingerprint density at radius 1 is 0.778 bits per heavy atom. The first-order valence-corrected chi connectivity index (χ1v) is 7.38. The zero-order valence-electron chi connectivity index (χ0n) is 12.8. The van der Waals surface area contributed by atoms with Gasteiger partial charge in [0.25, 0.3) is 0 Å². The predicted molar refractivity (Wildman–Crippen MR) is 78.8 cm³/mol. The Balaban J connectivity index is 0. The molecule has 0 N–H and O–H groups in total. The molecule has 0 saturated heterocycles. The van der Waals surface area contributed by atoms with Crippen molar-refractivity contribution in [3.05, 3.63) is 0 Å². The summed E-state index contributed by atoms with van der Waals surface area (Å²) in [5.74, 6) is -0.0686. The number of rotatable bonds is 12. The van der Waals surface area contributed by atoms with E-state index in [4.69, 9.17) is 0 Å². The Morgan fingerprint density at radius 3 is 1.56 bits per heavy atom. The topological polar surface area (TPSA) is 26.3 Å². The number of hydrogen-bond donors (Lipinski definition) is 0. The smallest absolute Gasteiger partial charge is 0.305 e. The summed E-state index contributed by atoms with van der Waals surface area (Å²) in [5, 5.41) is 0. The van der Waals surface area contributed by atoms with E-state index in [1.807, 2.05) is 0 Å². The van der Waals surface area contributed by atoms with Gasteiger partial charge in [0.1, 0.15) is 0 Å². The number of unbranched alkanes of at least 4 members (excludes halogenated alkanes) is 10. The van der Waals surface area contributed by atoms with Crippen LogP contribution in [0.5, 0.6) is 0 Å². The second kappa shape index (κ2) is 17.5. The molecule has 0 aliphatic heterocycles. The fourth-order valence-electron chi connectivity index (χ4n) is 2.04. The van der Waals surface area contributed by atoms with E-state index in [2.05, 4.69) is 11.7 Å². The summed E-state index contributed by atoms with van der Waals surface area (Å²) in [6, 6.07) is 0. The Morgan fingerprint density at radius 2 is 1.17 bits per heavy atom. The maximum Gasteiger partial charge on any atom is 0.305 e. The molecular formula is C15H30NaO2. The number of esters is 1. The van der Waals surface area contributed by atoms with Gasteiger partial charge in [0.05, 0.1) is 7.11 Å². The van der Waals surface area contributed by atoms with Crippen LogP contribution in [0.15, 0.2) is 0 Å². The van der Waals surface area contributed by atoms with Crippen LogP contribution < -0.4 is 0 Å². The van der Waals surface area contributed by atoms with E-state index in [9.17, 15) is 4.79 Å². The van der Waals surface area contributed by atoms with Gasteiger partial charge >= 0.3 is 5.97 Å². The van der Waals surface area contributed by atoms with E-state index in [1.54, 1.807) is 0 Å². The van der Waals surface area contributed by atoms with Gasteiger partial charge in [0.2, 0.25) is 0 Å². The molecule has 0 aromatic carbocycles. The van der Waals surface area contributed by atoms with E-state index in [-0.39, 0.29) is 35.5 Å². The van der Waals surface area contributed by atoms with Crippen LogP contribution in [0.1, 0.15) is 84.0 Å². The summed E-state index contributed by atoms with van der Waals surface area (Å²) in [6.45, 7) is 2.26. The van der Waals surface area contributed by atoms with Crippen LogP contribution in [-0.4, -0.2) is 42.6 Å². The normalized spacial score (nSPS) is 9.89. The van der Waals surface area contributed by atoms with Crippen LogP contribution in [0, 0.1) is 0 Å². The quantitative estimate of drug-likeness (QED) is 0.295. The predicted octanol–water partition coefficient (Wildman–Crippen LogP) is 4.48. The number of methoxy groups -OCH3 is 1. The summed E-state index contributed by atoms with van der Waals surface area (Å²) in [6.07, 6.45) is 15.1. The summed E-state index contributed by atoms with van der Waals surface area (Å²) in [5.41, 5.74) is 0. The van der Waals surface area contributed by atoms with Crippen molar-refractivity contribution in [1.29, 1.82) is 0 Å². The minimum Gasteiger partial charge on any atom is -0.469 e. The van der Waals surface area contributed by atoms with Crippen molar-refractivity contribution in [1.82, 2.24) is 0 Å². The minimum atomic E-state index is -0.0686. The van der Waals surface area contributed by atoms with Crippen molar-refractivity contribution < 1.29 is 9.53 Å². The molecule has 0 fully saturated rings. The van der Waals surface area contributed by atoms with E-state index < -0.39 is 0 Å². The van der Waals surface area contributed by atoms with Crippen molar-refractivity contribution in [3.63, 3.8) is 0 Å². The molecule has 0 aromatic heterocycles. The molecule has 0 aromatic rings. The van der Waals surface area contributed by atoms with Crippen LogP contribution in [-0.2, 0) is 9.53 Å². The van der Waals surface area contributed by atoms with Crippen molar-refractivity contribution in [2.24, 2.45) is 0 Å². The standard InChI is InChI=1S/C15H30O2.Na/c1-3-4-5-6-7-8-9-10-11-12-13-14-15(16)17-2;/h3-14H2,1-2H3;. The second-order valence-corrected chi connectivity index (χ2v) is 4.86. The molecule has 0 unspecified atom stereocenters. The van der Waals surface area contributed by atoms with Gasteiger partial charge in [0.15, 0.2) is 0 Å². The molecule has 0 aliphatic carbocycles. The molecule has 0 rings (SSSR count). The summed E-state index contributed by atoms with van der Waals surface area (Å²) in [4.78, 5) is 10.8. The average Bonchev–Trinajstić information content (AvgIpc) is 2.35. The summed E-state index contributed by atoms with van der Waals surface area (Å²) in [7, 11) is 1.46. The van der Waals surface area contributed by atoms with E-state index in [0.717, 1.165) is 6.42 Å². The van der Waals surface area contributed by atoms with Gasteiger partial charge in [-0.2, -0.15) is 0 Å². The van der Waals surface area contributed by atoms with Gasteiger partial charge < -0.3 is 4.74 Å². The van der Waals surface area contributed by atoms with Gasteiger partial charge in [-0.3, -0.25) is 4.79 Å². The minimum absolute atomic E-state index is 0. The molecule has 3 heteroatoms. The molecule has 0 heterocycles. The third-order valence-corrected chi connectivity index (χ3v) is 3.21. The summed E-state index contributed by atoms with van der Waals surface area (Å²) >= 11 is 0. The zero-order valence-corrected chi connectivity index (χ0v) is 14.8. The Hall–Kier alpha value is 0.470. The molecule has 103 valence electrons. The Bertz CT molecular complexity index is 172. The van der Waals surface area contributed by atoms with Gasteiger partial charge in [-0.15, -0.1) is 0 Å². The van der Waals surface area contributed by atoms with E-state index >= 15 is 0 Å². The van der Waals surface area contributed by atoms with Crippen LogP contribution in [0.3, 0.4) is 0 Å². The Kier molecular flexibility index (Phi) is 20.2. The number of carbonyl (C=O) groups is 1. The summed E-state index contributed by atoms with van der Waals surface area (Å²) < 4.78 is 4.60. The molecule has 0 amide bonds. The van der Waals surface area contributed by atoms with E-state index in [1.165, 1.54) is 71.3 Å². The zero-order chi connectivity index (χ0) is 12.8. The second-order valence-electron chi connectivity index (χ2n) is 4.86. The maximum absolute atomic E-state index is 10.8. The Labute approximate surface area is 136 Å². The molecule has 2 nitrogen and oxygen atoms in total. The first kappa shape index (κ1) is 20.8. The monoisotopic (exact) mass is 265 g/mol. The molecule has 0 atom stereocenters. The maximum atomic E-state index is 10.8. The molecular weight excluding hydrogens is 235 g/mol. The molecule has 0 saturated carbocycles. The number of ether oxygens (including phenoxy) is 1. The molecule has 0 bridgehead atoms. The van der Waals surface area contributed by atoms with E-state index in [0.29, 0.717) is 6.42 Å². The first-order valence-electron chi connectivity index (χ1n) is 7.38. The third-order valence-electron chi connectivity index (χ3n) is 3.21. The van der Waals surface area contributed by atoms with Crippen LogP contribution in [0.4, 0.5) is 0 Å². The van der Waals surface area contributed by atoms with Crippen molar-refractivity contribution >= 4 is 35.5 Å². The van der Waals surface area contributed by atoms with Gasteiger partial charge in [-0.25, -0.2) is 0 Å². The molecule has 18 heavy (non-hydrogen) atoms. The molecule has 1 radical (unpaired) electrons. The third kappa shape index (κ3) is 16.5. The van der Waals surface area contributed by atoms with Crippen LogP contribution in [0.25, 0.3) is 0 Å². The van der Waals surface area contributed by atoms with Crippen molar-refractivity contribution in [2.75, 3.05) is 7.11 Å². The van der Waals surface area contributed by atoms with Crippen molar-refractivity contribution in [2.45, 2.75) is 84.0 Å². The average molecular weight is 265 g/mol. The fourth-order valence-corrected chi connectivity index (χ4v) is 2.04. The SMILES string of the molecule is CCCCCCCCCCCCCC(=O)OC.[Na]. The number of hydrogen-bond acceptors (Lipinski definition) is 2. The molecule has 0 spiro atoms.